The first kappa shape index (κ1) is 12.7. The van der Waals surface area contributed by atoms with Gasteiger partial charge in [-0.3, -0.25) is 4.79 Å². The second-order valence-corrected chi connectivity index (χ2v) is 4.79. The van der Waals surface area contributed by atoms with E-state index in [1.807, 2.05) is 0 Å². The van der Waals surface area contributed by atoms with Gasteiger partial charge in [-0.2, -0.15) is 0 Å². The predicted octanol–water partition coefficient (Wildman–Crippen LogP) is 2.90. The second kappa shape index (κ2) is 5.00. The highest BCUT2D eigenvalue weighted by Gasteiger charge is 2.20. The molecule has 3 heteroatoms. The third-order valence-corrected chi connectivity index (χ3v) is 3.71. The van der Waals surface area contributed by atoms with Gasteiger partial charge in [-0.15, -0.1) is 0 Å². The SMILES string of the molecule is O=C1CCc2ccc(=CF)c(=CF)c2-c2ccccc21. The number of hydrogen-bond donors (Lipinski definition) is 0. The van der Waals surface area contributed by atoms with Crippen molar-refractivity contribution in [2.75, 3.05) is 0 Å². The van der Waals surface area contributed by atoms with E-state index in [1.54, 1.807) is 36.4 Å². The summed E-state index contributed by atoms with van der Waals surface area (Å²) in [6.07, 6.45) is 1.72. The van der Waals surface area contributed by atoms with Crippen molar-refractivity contribution in [3.8, 4) is 11.1 Å². The summed E-state index contributed by atoms with van der Waals surface area (Å²) in [5, 5.41) is 0.391. The molecule has 0 heterocycles. The molecule has 2 aromatic carbocycles. The van der Waals surface area contributed by atoms with E-state index in [1.165, 1.54) is 0 Å². The van der Waals surface area contributed by atoms with Crippen molar-refractivity contribution < 1.29 is 13.6 Å². The Morgan fingerprint density at radius 3 is 2.35 bits per heavy atom. The molecular formula is C17H12F2O. The maximum atomic E-state index is 13.3. The Balaban J connectivity index is 2.49. The molecule has 0 bridgehead atoms. The molecule has 1 nitrogen and oxygen atoms in total. The van der Waals surface area contributed by atoms with Gasteiger partial charge >= 0.3 is 0 Å². The van der Waals surface area contributed by atoms with E-state index < -0.39 is 0 Å². The van der Waals surface area contributed by atoms with Gasteiger partial charge in [-0.25, -0.2) is 8.78 Å². The van der Waals surface area contributed by atoms with Crippen molar-refractivity contribution in [1.29, 1.82) is 0 Å². The number of benzene rings is 2. The Hall–Kier alpha value is -2.29. The van der Waals surface area contributed by atoms with Gasteiger partial charge < -0.3 is 0 Å². The number of hydrogen-bond acceptors (Lipinski definition) is 1. The molecule has 0 radical (unpaired) electrons. The van der Waals surface area contributed by atoms with Gasteiger partial charge in [0.15, 0.2) is 5.78 Å². The molecule has 0 spiro atoms. The van der Waals surface area contributed by atoms with Gasteiger partial charge in [-0.1, -0.05) is 36.4 Å². The van der Waals surface area contributed by atoms with E-state index in [0.29, 0.717) is 42.2 Å². The molecule has 20 heavy (non-hydrogen) atoms. The Morgan fingerprint density at radius 2 is 1.65 bits per heavy atom. The second-order valence-electron chi connectivity index (χ2n) is 4.79. The number of carbonyl (C=O) groups excluding carboxylic acids is 1. The van der Waals surface area contributed by atoms with Crippen LogP contribution in [0, 0.1) is 0 Å². The number of Topliss-reactive ketones (excluding diaryl/α,β-unsaturated/α-hetero) is 1. The molecule has 0 atom stereocenters. The molecule has 2 aromatic rings. The molecule has 0 N–H and O–H groups in total. The van der Waals surface area contributed by atoms with E-state index in [4.69, 9.17) is 0 Å². The van der Waals surface area contributed by atoms with Crippen molar-refractivity contribution >= 4 is 18.4 Å². The van der Waals surface area contributed by atoms with Gasteiger partial charge in [0.25, 0.3) is 0 Å². The summed E-state index contributed by atoms with van der Waals surface area (Å²) in [6, 6.07) is 10.4. The van der Waals surface area contributed by atoms with Crippen LogP contribution in [-0.4, -0.2) is 5.78 Å². The Kier molecular flexibility index (Phi) is 3.18. The van der Waals surface area contributed by atoms with Crippen LogP contribution >= 0.6 is 0 Å². The number of aryl methyl sites for hydroxylation is 1. The predicted molar refractivity (Wildman–Crippen MR) is 74.9 cm³/mol. The number of rotatable bonds is 0. The average Bonchev–Trinajstić information content (AvgIpc) is 2.64. The maximum Gasteiger partial charge on any atom is 0.163 e. The smallest absolute Gasteiger partial charge is 0.163 e. The number of fused-ring (bicyclic) bond motifs is 3. The Labute approximate surface area is 114 Å². The normalized spacial score (nSPS) is 15.8. The van der Waals surface area contributed by atoms with Crippen molar-refractivity contribution in [1.82, 2.24) is 0 Å². The zero-order valence-electron chi connectivity index (χ0n) is 10.7. The molecule has 0 saturated heterocycles. The van der Waals surface area contributed by atoms with Crippen molar-refractivity contribution in [3.63, 3.8) is 0 Å². The zero-order valence-corrected chi connectivity index (χ0v) is 10.7. The summed E-state index contributed by atoms with van der Waals surface area (Å²) in [5.74, 6) is 0.0346. The zero-order chi connectivity index (χ0) is 14.1. The van der Waals surface area contributed by atoms with E-state index in [2.05, 4.69) is 0 Å². The van der Waals surface area contributed by atoms with Crippen LogP contribution in [-0.2, 0) is 6.42 Å². The molecule has 0 aromatic heterocycles. The summed E-state index contributed by atoms with van der Waals surface area (Å²) in [6.45, 7) is 0. The molecule has 1 aliphatic rings. The molecule has 0 amide bonds. The first-order valence-electron chi connectivity index (χ1n) is 6.41. The average molecular weight is 270 g/mol. The van der Waals surface area contributed by atoms with Gasteiger partial charge in [0.1, 0.15) is 0 Å². The van der Waals surface area contributed by atoms with E-state index in [-0.39, 0.29) is 16.2 Å². The lowest BCUT2D eigenvalue weighted by Crippen LogP contribution is -2.27. The number of halogens is 2. The third kappa shape index (κ3) is 1.86. The van der Waals surface area contributed by atoms with Gasteiger partial charge in [0, 0.05) is 22.4 Å². The molecule has 0 fully saturated rings. The van der Waals surface area contributed by atoms with Crippen molar-refractivity contribution in [2.24, 2.45) is 0 Å². The molecular weight excluding hydrogens is 258 g/mol. The highest BCUT2D eigenvalue weighted by atomic mass is 19.1. The maximum absolute atomic E-state index is 13.3. The summed E-state index contributed by atoms with van der Waals surface area (Å²) >= 11 is 0. The molecule has 0 saturated carbocycles. The number of ketones is 1. The largest absolute Gasteiger partial charge is 0.294 e. The van der Waals surface area contributed by atoms with Crippen LogP contribution in [0.15, 0.2) is 36.4 Å². The van der Waals surface area contributed by atoms with E-state index >= 15 is 0 Å². The molecule has 0 aliphatic heterocycles. The lowest BCUT2D eigenvalue weighted by Gasteiger charge is -2.09. The van der Waals surface area contributed by atoms with Gasteiger partial charge in [-0.05, 0) is 23.1 Å². The summed E-state index contributed by atoms with van der Waals surface area (Å²) in [5.41, 5.74) is 2.75. The minimum Gasteiger partial charge on any atom is -0.294 e. The lowest BCUT2D eigenvalue weighted by molar-refractivity contribution is 0.0984. The van der Waals surface area contributed by atoms with Crippen LogP contribution in [0.2, 0.25) is 0 Å². The minimum atomic E-state index is 0.0346. The summed E-state index contributed by atoms with van der Waals surface area (Å²) in [4.78, 5) is 12.1. The molecule has 1 aliphatic carbocycles. The summed E-state index contributed by atoms with van der Waals surface area (Å²) in [7, 11) is 0. The summed E-state index contributed by atoms with van der Waals surface area (Å²) < 4.78 is 26.2. The van der Waals surface area contributed by atoms with Crippen LogP contribution in [0.5, 0.6) is 0 Å². The van der Waals surface area contributed by atoms with Crippen molar-refractivity contribution in [2.45, 2.75) is 12.8 Å². The standard InChI is InChI=1S/C17H12F2O/c18-9-12-6-5-11-7-8-16(20)13-3-1-2-4-14(13)17(11)15(12)10-19/h1-6,9-10H,7-8H2. The van der Waals surface area contributed by atoms with E-state index in [9.17, 15) is 13.6 Å². The fraction of sp³-hybridized carbons (Fsp3) is 0.118. The highest BCUT2D eigenvalue weighted by Crippen LogP contribution is 2.29. The Bertz CT molecular complexity index is 806. The first-order valence-corrected chi connectivity index (χ1v) is 6.41. The van der Waals surface area contributed by atoms with Crippen LogP contribution in [0.3, 0.4) is 0 Å². The van der Waals surface area contributed by atoms with Crippen LogP contribution in [0.1, 0.15) is 22.3 Å². The fourth-order valence-corrected chi connectivity index (χ4v) is 2.75. The first-order chi connectivity index (χ1) is 9.76. The monoisotopic (exact) mass is 270 g/mol. The van der Waals surface area contributed by atoms with Crippen LogP contribution in [0.4, 0.5) is 8.78 Å². The number of carbonyl (C=O) groups is 1. The molecule has 100 valence electrons. The minimum absolute atomic E-state index is 0.0346. The molecule has 0 unspecified atom stereocenters. The van der Waals surface area contributed by atoms with Gasteiger partial charge in [0.05, 0.1) is 12.7 Å². The highest BCUT2D eigenvalue weighted by molar-refractivity contribution is 6.04. The lowest BCUT2D eigenvalue weighted by atomic mass is 9.94. The van der Waals surface area contributed by atoms with Crippen LogP contribution in [0.25, 0.3) is 23.8 Å². The van der Waals surface area contributed by atoms with E-state index in [0.717, 1.165) is 5.56 Å². The van der Waals surface area contributed by atoms with Crippen molar-refractivity contribution in [3.05, 3.63) is 58.0 Å². The third-order valence-electron chi connectivity index (χ3n) is 3.71. The fourth-order valence-electron chi connectivity index (χ4n) is 2.75. The quantitative estimate of drug-likeness (QED) is 0.719. The van der Waals surface area contributed by atoms with Gasteiger partial charge in [0.2, 0.25) is 0 Å². The van der Waals surface area contributed by atoms with Crippen LogP contribution < -0.4 is 10.4 Å². The Morgan fingerprint density at radius 1 is 0.900 bits per heavy atom. The molecule has 3 rings (SSSR count). The topological polar surface area (TPSA) is 17.1 Å².